The van der Waals surface area contributed by atoms with Crippen LogP contribution in [0.2, 0.25) is 0 Å². The van der Waals surface area contributed by atoms with Crippen molar-refractivity contribution in [1.82, 2.24) is 10.2 Å². The molecule has 0 saturated heterocycles. The predicted octanol–water partition coefficient (Wildman–Crippen LogP) is 1.58. The Morgan fingerprint density at radius 2 is 2.00 bits per heavy atom. The number of likely N-dealkylation sites (N-methyl/N-ethyl adjacent to an activating group) is 1. The molecule has 20 heavy (non-hydrogen) atoms. The van der Waals surface area contributed by atoms with E-state index in [-0.39, 0.29) is 6.61 Å². The highest BCUT2D eigenvalue weighted by Gasteiger charge is 2.05. The summed E-state index contributed by atoms with van der Waals surface area (Å²) in [7, 11) is 0. The van der Waals surface area contributed by atoms with E-state index in [4.69, 9.17) is 9.84 Å². The normalized spacial score (nSPS) is 10.8. The SMILES string of the molecule is CCN(CC)CCNCc1ccccc1OCC(=O)O. The molecule has 1 aromatic carbocycles. The van der Waals surface area contributed by atoms with Crippen molar-refractivity contribution < 1.29 is 14.6 Å². The minimum atomic E-state index is -0.964. The Labute approximate surface area is 120 Å². The van der Waals surface area contributed by atoms with Crippen LogP contribution in [-0.2, 0) is 11.3 Å². The van der Waals surface area contributed by atoms with Crippen LogP contribution in [-0.4, -0.2) is 48.8 Å². The van der Waals surface area contributed by atoms with Crippen molar-refractivity contribution in [3.63, 3.8) is 0 Å². The molecule has 0 bridgehead atoms. The quantitative estimate of drug-likeness (QED) is 0.637. The maximum absolute atomic E-state index is 10.5. The lowest BCUT2D eigenvalue weighted by Gasteiger charge is -2.18. The third-order valence-corrected chi connectivity index (χ3v) is 3.14. The number of carboxylic acid groups (broad SMARTS) is 1. The second-order valence-electron chi connectivity index (χ2n) is 4.49. The topological polar surface area (TPSA) is 61.8 Å². The highest BCUT2D eigenvalue weighted by molar-refractivity contribution is 5.68. The molecule has 0 amide bonds. The van der Waals surface area contributed by atoms with E-state index >= 15 is 0 Å². The minimum Gasteiger partial charge on any atom is -0.482 e. The molecule has 1 rings (SSSR count). The molecule has 0 aromatic heterocycles. The smallest absolute Gasteiger partial charge is 0.341 e. The summed E-state index contributed by atoms with van der Waals surface area (Å²) in [6.45, 7) is 8.68. The number of carboxylic acids is 1. The van der Waals surface area contributed by atoms with Crippen LogP contribution in [0.3, 0.4) is 0 Å². The lowest BCUT2D eigenvalue weighted by Crippen LogP contribution is -2.31. The molecule has 112 valence electrons. The number of nitrogens with one attached hydrogen (secondary N) is 1. The Morgan fingerprint density at radius 3 is 2.65 bits per heavy atom. The molecule has 0 fully saturated rings. The molecule has 0 spiro atoms. The standard InChI is InChI=1S/C15H24N2O3/c1-3-17(4-2)10-9-16-11-13-7-5-6-8-14(13)20-12-15(18)19/h5-8,16H,3-4,9-12H2,1-2H3,(H,18,19). The summed E-state index contributed by atoms with van der Waals surface area (Å²) in [5.74, 6) is -0.334. The second kappa shape index (κ2) is 9.34. The molecule has 0 aliphatic rings. The van der Waals surface area contributed by atoms with Crippen LogP contribution in [0.25, 0.3) is 0 Å². The Morgan fingerprint density at radius 1 is 1.30 bits per heavy atom. The first-order valence-electron chi connectivity index (χ1n) is 7.02. The van der Waals surface area contributed by atoms with Crippen molar-refractivity contribution in [2.75, 3.05) is 32.8 Å². The van der Waals surface area contributed by atoms with Crippen LogP contribution in [0.15, 0.2) is 24.3 Å². The van der Waals surface area contributed by atoms with E-state index < -0.39 is 5.97 Å². The summed E-state index contributed by atoms with van der Waals surface area (Å²) in [6.07, 6.45) is 0. The number of carbonyl (C=O) groups is 1. The number of benzene rings is 1. The molecule has 0 aliphatic heterocycles. The first-order chi connectivity index (χ1) is 9.67. The first-order valence-corrected chi connectivity index (χ1v) is 7.02. The molecule has 0 radical (unpaired) electrons. The largest absolute Gasteiger partial charge is 0.482 e. The fourth-order valence-electron chi connectivity index (χ4n) is 1.93. The van der Waals surface area contributed by atoms with Gasteiger partial charge in [0.1, 0.15) is 5.75 Å². The monoisotopic (exact) mass is 280 g/mol. The maximum Gasteiger partial charge on any atom is 0.341 e. The zero-order chi connectivity index (χ0) is 14.8. The number of aliphatic carboxylic acids is 1. The molecule has 0 saturated carbocycles. The van der Waals surface area contributed by atoms with E-state index in [1.54, 1.807) is 6.07 Å². The minimum absolute atomic E-state index is 0.309. The highest BCUT2D eigenvalue weighted by Crippen LogP contribution is 2.17. The molecule has 5 heteroatoms. The van der Waals surface area contributed by atoms with Gasteiger partial charge in [-0.15, -0.1) is 0 Å². The number of hydrogen-bond acceptors (Lipinski definition) is 4. The molecule has 1 aromatic rings. The number of ether oxygens (including phenoxy) is 1. The van der Waals surface area contributed by atoms with Crippen molar-refractivity contribution in [1.29, 1.82) is 0 Å². The third kappa shape index (κ3) is 6.04. The van der Waals surface area contributed by atoms with E-state index in [1.807, 2.05) is 18.2 Å². The van der Waals surface area contributed by atoms with Crippen LogP contribution in [0.4, 0.5) is 0 Å². The van der Waals surface area contributed by atoms with Gasteiger partial charge in [-0.25, -0.2) is 4.79 Å². The van der Waals surface area contributed by atoms with Gasteiger partial charge in [0.05, 0.1) is 0 Å². The van der Waals surface area contributed by atoms with Gasteiger partial charge in [0.25, 0.3) is 0 Å². The average molecular weight is 280 g/mol. The van der Waals surface area contributed by atoms with Crippen LogP contribution in [0, 0.1) is 0 Å². The van der Waals surface area contributed by atoms with Crippen molar-refractivity contribution >= 4 is 5.97 Å². The zero-order valence-corrected chi connectivity index (χ0v) is 12.3. The van der Waals surface area contributed by atoms with E-state index in [0.717, 1.165) is 31.7 Å². The Balaban J connectivity index is 2.41. The van der Waals surface area contributed by atoms with E-state index in [2.05, 4.69) is 24.1 Å². The third-order valence-electron chi connectivity index (χ3n) is 3.14. The van der Waals surface area contributed by atoms with Crippen LogP contribution in [0.1, 0.15) is 19.4 Å². The summed E-state index contributed by atoms with van der Waals surface area (Å²) < 4.78 is 5.27. The lowest BCUT2D eigenvalue weighted by molar-refractivity contribution is -0.139. The Kier molecular flexibility index (Phi) is 7.69. The van der Waals surface area contributed by atoms with Gasteiger partial charge in [0.2, 0.25) is 0 Å². The number of nitrogens with zero attached hydrogens (tertiary/aromatic N) is 1. The van der Waals surface area contributed by atoms with Gasteiger partial charge in [0.15, 0.2) is 6.61 Å². The fraction of sp³-hybridized carbons (Fsp3) is 0.533. The van der Waals surface area contributed by atoms with Crippen LogP contribution < -0.4 is 10.1 Å². The van der Waals surface area contributed by atoms with Crippen LogP contribution in [0.5, 0.6) is 5.75 Å². The van der Waals surface area contributed by atoms with Gasteiger partial charge in [0, 0.05) is 25.2 Å². The van der Waals surface area contributed by atoms with Gasteiger partial charge < -0.3 is 20.1 Å². The van der Waals surface area contributed by atoms with Crippen molar-refractivity contribution in [3.8, 4) is 5.75 Å². The highest BCUT2D eigenvalue weighted by atomic mass is 16.5. The Bertz CT molecular complexity index is 406. The molecule has 0 aliphatic carbocycles. The van der Waals surface area contributed by atoms with Crippen molar-refractivity contribution in [2.24, 2.45) is 0 Å². The van der Waals surface area contributed by atoms with E-state index in [1.165, 1.54) is 0 Å². The van der Waals surface area contributed by atoms with Gasteiger partial charge >= 0.3 is 5.97 Å². The zero-order valence-electron chi connectivity index (χ0n) is 12.3. The van der Waals surface area contributed by atoms with E-state index in [0.29, 0.717) is 12.3 Å². The lowest BCUT2D eigenvalue weighted by atomic mass is 10.2. The van der Waals surface area contributed by atoms with Gasteiger partial charge in [-0.1, -0.05) is 32.0 Å². The molecular formula is C15H24N2O3. The van der Waals surface area contributed by atoms with Crippen molar-refractivity contribution in [3.05, 3.63) is 29.8 Å². The number of rotatable bonds is 10. The summed E-state index contributed by atoms with van der Waals surface area (Å²) in [5, 5.41) is 12.0. The second-order valence-corrected chi connectivity index (χ2v) is 4.49. The fourth-order valence-corrected chi connectivity index (χ4v) is 1.93. The Hall–Kier alpha value is -1.59. The number of para-hydroxylation sites is 1. The summed E-state index contributed by atoms with van der Waals surface area (Å²) in [5.41, 5.74) is 0.980. The van der Waals surface area contributed by atoms with Gasteiger partial charge in [-0.3, -0.25) is 0 Å². The maximum atomic E-state index is 10.5. The first kappa shape index (κ1) is 16.5. The molecule has 0 heterocycles. The van der Waals surface area contributed by atoms with E-state index in [9.17, 15) is 4.79 Å². The summed E-state index contributed by atoms with van der Waals surface area (Å²) >= 11 is 0. The van der Waals surface area contributed by atoms with Crippen LogP contribution >= 0.6 is 0 Å². The molecule has 5 nitrogen and oxygen atoms in total. The molecule has 2 N–H and O–H groups in total. The summed E-state index contributed by atoms with van der Waals surface area (Å²) in [6, 6.07) is 7.51. The van der Waals surface area contributed by atoms with Gasteiger partial charge in [-0.2, -0.15) is 0 Å². The molecular weight excluding hydrogens is 256 g/mol. The predicted molar refractivity (Wildman–Crippen MR) is 79.1 cm³/mol. The summed E-state index contributed by atoms with van der Waals surface area (Å²) in [4.78, 5) is 12.9. The molecule has 0 unspecified atom stereocenters. The molecule has 0 atom stereocenters. The van der Waals surface area contributed by atoms with Crippen molar-refractivity contribution in [2.45, 2.75) is 20.4 Å². The number of hydrogen-bond donors (Lipinski definition) is 2. The average Bonchev–Trinajstić information content (AvgIpc) is 2.46. The van der Waals surface area contributed by atoms with Gasteiger partial charge in [-0.05, 0) is 19.2 Å².